The Morgan fingerprint density at radius 1 is 0.596 bits per heavy atom. The highest BCUT2D eigenvalue weighted by atomic mass is 32.1. The predicted molar refractivity (Wildman–Crippen MR) is 203 cm³/mol. The van der Waals surface area contributed by atoms with Crippen LogP contribution in [0.4, 0.5) is 17.1 Å². The minimum Gasteiger partial charge on any atom is -0.375 e. The normalized spacial score (nSPS) is 15.1. The molecule has 2 nitrogen and oxygen atoms in total. The molecule has 0 saturated heterocycles. The lowest BCUT2D eigenvalue weighted by Crippen LogP contribution is -2.58. The van der Waals surface area contributed by atoms with Crippen molar-refractivity contribution in [2.75, 3.05) is 4.90 Å². The summed E-state index contributed by atoms with van der Waals surface area (Å²) in [5.41, 5.74) is 14.9. The molecule has 3 aliphatic rings. The van der Waals surface area contributed by atoms with Gasteiger partial charge in [0.05, 0.1) is 5.69 Å². The Bertz CT molecular complexity index is 2910. The first-order chi connectivity index (χ1) is 23.1. The molecule has 0 aliphatic carbocycles. The van der Waals surface area contributed by atoms with Crippen molar-refractivity contribution in [1.29, 1.82) is 0 Å². The highest BCUT2D eigenvalue weighted by Crippen LogP contribution is 2.56. The van der Waals surface area contributed by atoms with Crippen LogP contribution in [0, 0.1) is 0 Å². The van der Waals surface area contributed by atoms with Gasteiger partial charge in [-0.2, -0.15) is 0 Å². The second-order valence-corrected chi connectivity index (χ2v) is 15.1. The number of rotatable bonds is 0. The van der Waals surface area contributed by atoms with Crippen molar-refractivity contribution >= 4 is 98.9 Å². The van der Waals surface area contributed by atoms with E-state index in [4.69, 9.17) is 0 Å². The topological polar surface area (TPSA) is 8.17 Å². The van der Waals surface area contributed by atoms with E-state index in [0.29, 0.717) is 0 Å². The number of hydrogen-bond donors (Lipinski definition) is 0. The van der Waals surface area contributed by atoms with Crippen LogP contribution in [0.3, 0.4) is 0 Å². The lowest BCUT2D eigenvalue weighted by Gasteiger charge is -2.48. The third kappa shape index (κ3) is 2.75. The summed E-state index contributed by atoms with van der Waals surface area (Å²) < 4.78 is 5.43. The van der Waals surface area contributed by atoms with Crippen molar-refractivity contribution in [2.24, 2.45) is 0 Å². The van der Waals surface area contributed by atoms with E-state index in [1.54, 1.807) is 0 Å². The van der Waals surface area contributed by atoms with E-state index in [9.17, 15) is 0 Å². The molecule has 0 N–H and O–H groups in total. The Morgan fingerprint density at radius 3 is 2.28 bits per heavy atom. The number of nitrogens with zero attached hydrogens (tertiary/aromatic N) is 2. The zero-order valence-corrected chi connectivity index (χ0v) is 26.8. The van der Waals surface area contributed by atoms with E-state index in [-0.39, 0.29) is 12.3 Å². The maximum atomic E-state index is 2.73. The van der Waals surface area contributed by atoms with Gasteiger partial charge >= 0.3 is 6.85 Å². The summed E-state index contributed by atoms with van der Waals surface area (Å²) >= 11 is 1.93. The Hall–Kier alpha value is -5.32. The van der Waals surface area contributed by atoms with Crippen LogP contribution in [0.25, 0.3) is 63.9 Å². The minimum absolute atomic E-state index is 0.0380. The molecule has 12 rings (SSSR count). The summed E-state index contributed by atoms with van der Waals surface area (Å²) in [6.45, 7) is 4.85. The summed E-state index contributed by atoms with van der Waals surface area (Å²) in [7, 11) is 0. The fourth-order valence-electron chi connectivity index (χ4n) is 9.63. The molecule has 47 heavy (non-hydrogen) atoms. The van der Waals surface area contributed by atoms with Crippen LogP contribution < -0.4 is 15.8 Å². The molecule has 0 spiro atoms. The van der Waals surface area contributed by atoms with Gasteiger partial charge in [0.1, 0.15) is 0 Å². The van der Waals surface area contributed by atoms with Crippen LogP contribution in [0.2, 0.25) is 0 Å². The minimum atomic E-state index is -0.131. The van der Waals surface area contributed by atoms with Crippen molar-refractivity contribution in [3.8, 4) is 11.1 Å². The van der Waals surface area contributed by atoms with E-state index >= 15 is 0 Å². The molecule has 218 valence electrons. The molecule has 0 atom stereocenters. The number of anilines is 3. The van der Waals surface area contributed by atoms with Gasteiger partial charge in [0.15, 0.2) is 0 Å². The van der Waals surface area contributed by atoms with Gasteiger partial charge in [0.25, 0.3) is 0 Å². The van der Waals surface area contributed by atoms with Gasteiger partial charge in [-0.05, 0) is 51.2 Å². The number of para-hydroxylation sites is 3. The van der Waals surface area contributed by atoms with Crippen LogP contribution in [0.15, 0.2) is 127 Å². The van der Waals surface area contributed by atoms with Crippen molar-refractivity contribution in [2.45, 2.75) is 19.3 Å². The van der Waals surface area contributed by atoms with Crippen LogP contribution in [0.1, 0.15) is 25.0 Å². The molecule has 4 heteroatoms. The van der Waals surface area contributed by atoms with Crippen molar-refractivity contribution in [3.05, 3.63) is 139 Å². The first-order valence-electron chi connectivity index (χ1n) is 16.6. The predicted octanol–water partition coefficient (Wildman–Crippen LogP) is 10.4. The van der Waals surface area contributed by atoms with Crippen LogP contribution in [-0.2, 0) is 5.41 Å². The van der Waals surface area contributed by atoms with Crippen LogP contribution >= 0.6 is 11.3 Å². The maximum Gasteiger partial charge on any atom is 0.333 e. The summed E-state index contributed by atoms with van der Waals surface area (Å²) in [6.07, 6.45) is 0. The smallest absolute Gasteiger partial charge is 0.333 e. The molecule has 0 amide bonds. The average Bonchev–Trinajstić information content (AvgIpc) is 3.65. The first-order valence-corrected chi connectivity index (χ1v) is 17.4. The molecule has 2 aromatic heterocycles. The van der Waals surface area contributed by atoms with Gasteiger partial charge in [0, 0.05) is 69.7 Å². The van der Waals surface area contributed by atoms with Gasteiger partial charge in [-0.1, -0.05) is 123 Å². The van der Waals surface area contributed by atoms with E-state index < -0.39 is 0 Å². The SMILES string of the molecule is CC1(C)c2ccccc2N2c3cc4sc5ccccc5c4c4c3B(c3cccc1c32)n1c2c-4cccc2c2ccc3ccccc3c21. The molecule has 5 heterocycles. The largest absolute Gasteiger partial charge is 0.375 e. The van der Waals surface area contributed by atoms with Gasteiger partial charge in [0.2, 0.25) is 0 Å². The van der Waals surface area contributed by atoms with Gasteiger partial charge in [-0.3, -0.25) is 0 Å². The van der Waals surface area contributed by atoms with Gasteiger partial charge < -0.3 is 9.38 Å². The zero-order valence-electron chi connectivity index (χ0n) is 26.0. The van der Waals surface area contributed by atoms with Gasteiger partial charge in [-0.15, -0.1) is 11.3 Å². The van der Waals surface area contributed by atoms with E-state index in [2.05, 4.69) is 151 Å². The number of hydrogen-bond acceptors (Lipinski definition) is 2. The van der Waals surface area contributed by atoms with E-state index in [1.165, 1.54) is 103 Å². The molecule has 0 fully saturated rings. The van der Waals surface area contributed by atoms with E-state index in [1.807, 2.05) is 11.3 Å². The second-order valence-electron chi connectivity index (χ2n) is 14.0. The highest BCUT2D eigenvalue weighted by Gasteiger charge is 2.48. The molecule has 9 aromatic rings. The van der Waals surface area contributed by atoms with Crippen molar-refractivity contribution in [1.82, 2.24) is 4.48 Å². The number of benzene rings is 7. The summed E-state index contributed by atoms with van der Waals surface area (Å²) in [4.78, 5) is 2.62. The summed E-state index contributed by atoms with van der Waals surface area (Å²) in [5.74, 6) is 0. The van der Waals surface area contributed by atoms with E-state index in [0.717, 1.165) is 0 Å². The zero-order chi connectivity index (χ0) is 30.8. The second kappa shape index (κ2) is 8.15. The highest BCUT2D eigenvalue weighted by molar-refractivity contribution is 7.26. The Balaban J connectivity index is 1.38. The monoisotopic (exact) mass is 614 g/mol. The standard InChI is InChI=1S/C43H27BN2S/c1-43(2)30-16-6-7-19-33(30)45-34-23-36-37(28-13-5-8-20-35(28)47-36)38-29-15-9-14-26-27-22-21-24-11-3-4-12-25(24)40(27)46(41(26)29)44(39(34)38)32-18-10-17-31(43)42(32)45/h3-23H,1-2H3. The summed E-state index contributed by atoms with van der Waals surface area (Å²) in [5, 5.41) is 8.03. The van der Waals surface area contributed by atoms with Crippen LogP contribution in [-0.4, -0.2) is 11.3 Å². The quantitative estimate of drug-likeness (QED) is 0.154. The Morgan fingerprint density at radius 2 is 1.34 bits per heavy atom. The molecule has 0 saturated carbocycles. The lowest BCUT2D eigenvalue weighted by molar-refractivity contribution is 0.632. The number of thiophene rings is 1. The third-order valence-corrected chi connectivity index (χ3v) is 12.6. The molecular weight excluding hydrogens is 587 g/mol. The average molecular weight is 615 g/mol. The fourth-order valence-corrected chi connectivity index (χ4v) is 10.8. The molecule has 0 radical (unpaired) electrons. The molecule has 7 aromatic carbocycles. The fraction of sp³-hybridized carbons (Fsp3) is 0.0698. The Kier molecular flexibility index (Phi) is 4.31. The number of fused-ring (bicyclic) bond motifs is 15. The molecule has 3 aliphatic heterocycles. The van der Waals surface area contributed by atoms with Gasteiger partial charge in [-0.25, -0.2) is 0 Å². The molecule has 0 bridgehead atoms. The lowest BCUT2D eigenvalue weighted by atomic mass is 9.44. The van der Waals surface area contributed by atoms with Crippen molar-refractivity contribution < 1.29 is 0 Å². The summed E-state index contributed by atoms with van der Waals surface area (Å²) in [6, 6.07) is 48.4. The third-order valence-electron chi connectivity index (χ3n) is 11.5. The van der Waals surface area contributed by atoms with Crippen molar-refractivity contribution in [3.63, 3.8) is 0 Å². The maximum absolute atomic E-state index is 2.73. The molecular formula is C43H27BN2S. The Labute approximate surface area is 276 Å². The number of aromatic nitrogens is 1. The molecule has 0 unspecified atom stereocenters. The first kappa shape index (κ1) is 24.9. The van der Waals surface area contributed by atoms with Crippen LogP contribution in [0.5, 0.6) is 0 Å².